The fourth-order valence-electron chi connectivity index (χ4n) is 2.14. The smallest absolute Gasteiger partial charge is 0.0767 e. The van der Waals surface area contributed by atoms with Crippen molar-refractivity contribution in [2.45, 2.75) is 40.3 Å². The van der Waals surface area contributed by atoms with Crippen LogP contribution in [0.4, 0.5) is 5.69 Å². The fraction of sp³-hybridized carbons (Fsp3) is 0.400. The summed E-state index contributed by atoms with van der Waals surface area (Å²) in [5, 5.41) is 8.74. The van der Waals surface area contributed by atoms with Crippen LogP contribution in [0.2, 0.25) is 5.02 Å². The number of nitrogens with zero attached hydrogens (tertiary/aromatic N) is 2. The van der Waals surface area contributed by atoms with Gasteiger partial charge in [-0.05, 0) is 53.9 Å². The van der Waals surface area contributed by atoms with Crippen molar-refractivity contribution in [1.29, 1.82) is 0 Å². The van der Waals surface area contributed by atoms with Gasteiger partial charge in [0.15, 0.2) is 0 Å². The highest BCUT2D eigenvalue weighted by Crippen LogP contribution is 2.26. The molecule has 108 valence electrons. The number of benzene rings is 1. The Bertz CT molecular complexity index is 607. The van der Waals surface area contributed by atoms with Crippen LogP contribution in [-0.4, -0.2) is 9.78 Å². The normalized spacial score (nSPS) is 10.8. The van der Waals surface area contributed by atoms with E-state index in [-0.39, 0.29) is 0 Å². The van der Waals surface area contributed by atoms with E-state index in [1.807, 2.05) is 16.8 Å². The first kappa shape index (κ1) is 15.4. The van der Waals surface area contributed by atoms with E-state index in [2.05, 4.69) is 53.2 Å². The maximum atomic E-state index is 6.21. The molecule has 5 heteroatoms. The first-order chi connectivity index (χ1) is 9.56. The van der Waals surface area contributed by atoms with E-state index in [0.717, 1.165) is 39.5 Å². The Morgan fingerprint density at radius 3 is 2.75 bits per heavy atom. The standard InChI is InChI=1S/C15H19BrClN3/c1-4-12-15(16)14(20(5-2)19-12)9-18-13-8-10(3)6-7-11(13)17/h6-8,18H,4-5,9H2,1-3H3. The van der Waals surface area contributed by atoms with Crippen LogP contribution in [-0.2, 0) is 19.5 Å². The van der Waals surface area contributed by atoms with E-state index < -0.39 is 0 Å². The molecule has 0 spiro atoms. The Kier molecular flexibility index (Phi) is 5.11. The van der Waals surface area contributed by atoms with Crippen LogP contribution in [0, 0.1) is 6.92 Å². The van der Waals surface area contributed by atoms with Crippen LogP contribution >= 0.6 is 27.5 Å². The minimum absolute atomic E-state index is 0.699. The third-order valence-corrected chi connectivity index (χ3v) is 4.51. The van der Waals surface area contributed by atoms with Crippen molar-refractivity contribution in [2.75, 3.05) is 5.32 Å². The van der Waals surface area contributed by atoms with Gasteiger partial charge in [-0.3, -0.25) is 4.68 Å². The number of anilines is 1. The Labute approximate surface area is 133 Å². The maximum absolute atomic E-state index is 6.21. The lowest BCUT2D eigenvalue weighted by atomic mass is 10.2. The fourth-order valence-corrected chi connectivity index (χ4v) is 3.03. The van der Waals surface area contributed by atoms with E-state index in [1.54, 1.807) is 0 Å². The van der Waals surface area contributed by atoms with Crippen molar-refractivity contribution in [3.8, 4) is 0 Å². The topological polar surface area (TPSA) is 29.9 Å². The minimum atomic E-state index is 0.699. The lowest BCUT2D eigenvalue weighted by Gasteiger charge is -2.11. The summed E-state index contributed by atoms with van der Waals surface area (Å²) < 4.78 is 3.12. The van der Waals surface area contributed by atoms with Crippen LogP contribution in [0.1, 0.15) is 30.8 Å². The molecule has 0 aliphatic carbocycles. The average Bonchev–Trinajstić information content (AvgIpc) is 2.75. The predicted octanol–water partition coefficient (Wildman–Crippen LogP) is 4.80. The molecule has 20 heavy (non-hydrogen) atoms. The highest BCUT2D eigenvalue weighted by atomic mass is 79.9. The molecule has 1 N–H and O–H groups in total. The third kappa shape index (κ3) is 3.18. The van der Waals surface area contributed by atoms with Gasteiger partial charge in [-0.25, -0.2) is 0 Å². The van der Waals surface area contributed by atoms with E-state index >= 15 is 0 Å². The predicted molar refractivity (Wildman–Crippen MR) is 88.5 cm³/mol. The Morgan fingerprint density at radius 2 is 2.10 bits per heavy atom. The van der Waals surface area contributed by atoms with Crippen LogP contribution in [0.15, 0.2) is 22.7 Å². The molecule has 3 nitrogen and oxygen atoms in total. The summed E-state index contributed by atoms with van der Waals surface area (Å²) in [4.78, 5) is 0. The second-order valence-corrected chi connectivity index (χ2v) is 5.91. The molecule has 0 saturated carbocycles. The van der Waals surface area contributed by atoms with Crippen molar-refractivity contribution in [2.24, 2.45) is 0 Å². The van der Waals surface area contributed by atoms with Gasteiger partial charge >= 0.3 is 0 Å². The summed E-state index contributed by atoms with van der Waals surface area (Å²) in [6.45, 7) is 7.83. The molecular weight excluding hydrogens is 338 g/mol. The lowest BCUT2D eigenvalue weighted by Crippen LogP contribution is -2.08. The van der Waals surface area contributed by atoms with Gasteiger partial charge in [-0.1, -0.05) is 24.6 Å². The summed E-state index contributed by atoms with van der Waals surface area (Å²) in [6, 6.07) is 5.99. The zero-order valence-electron chi connectivity index (χ0n) is 12.0. The van der Waals surface area contributed by atoms with E-state index in [4.69, 9.17) is 11.6 Å². The Morgan fingerprint density at radius 1 is 1.35 bits per heavy atom. The molecule has 0 unspecified atom stereocenters. The molecule has 0 radical (unpaired) electrons. The summed E-state index contributed by atoms with van der Waals surface area (Å²) in [5.74, 6) is 0. The van der Waals surface area contributed by atoms with E-state index in [1.165, 1.54) is 5.56 Å². The molecule has 1 aromatic heterocycles. The molecule has 0 aliphatic rings. The lowest BCUT2D eigenvalue weighted by molar-refractivity contribution is 0.619. The number of nitrogens with one attached hydrogen (secondary N) is 1. The number of rotatable bonds is 5. The Hall–Kier alpha value is -1.000. The molecule has 1 heterocycles. The quantitative estimate of drug-likeness (QED) is 0.834. The molecule has 2 aromatic rings. The van der Waals surface area contributed by atoms with Crippen molar-refractivity contribution in [3.05, 3.63) is 44.6 Å². The van der Waals surface area contributed by atoms with E-state index in [9.17, 15) is 0 Å². The number of aromatic nitrogens is 2. The van der Waals surface area contributed by atoms with Gasteiger partial charge in [-0.2, -0.15) is 5.10 Å². The molecular formula is C15H19BrClN3. The minimum Gasteiger partial charge on any atom is -0.378 e. The van der Waals surface area contributed by atoms with Gasteiger partial charge in [0.25, 0.3) is 0 Å². The van der Waals surface area contributed by atoms with Gasteiger partial charge < -0.3 is 5.32 Å². The van der Waals surface area contributed by atoms with Crippen molar-refractivity contribution >= 4 is 33.2 Å². The average molecular weight is 357 g/mol. The SMILES string of the molecule is CCc1nn(CC)c(CNc2cc(C)ccc2Cl)c1Br. The van der Waals surface area contributed by atoms with Crippen molar-refractivity contribution in [1.82, 2.24) is 9.78 Å². The van der Waals surface area contributed by atoms with Crippen molar-refractivity contribution in [3.63, 3.8) is 0 Å². The van der Waals surface area contributed by atoms with Gasteiger partial charge in [0.2, 0.25) is 0 Å². The molecule has 0 atom stereocenters. The monoisotopic (exact) mass is 355 g/mol. The first-order valence-electron chi connectivity index (χ1n) is 6.80. The molecule has 0 bridgehead atoms. The van der Waals surface area contributed by atoms with Crippen LogP contribution in [0.5, 0.6) is 0 Å². The summed E-state index contributed by atoms with van der Waals surface area (Å²) in [5.41, 5.74) is 4.40. The molecule has 0 aliphatic heterocycles. The van der Waals surface area contributed by atoms with Gasteiger partial charge in [0, 0.05) is 6.54 Å². The molecule has 2 rings (SSSR count). The van der Waals surface area contributed by atoms with Crippen LogP contribution in [0.3, 0.4) is 0 Å². The number of aryl methyl sites for hydroxylation is 3. The molecule has 0 amide bonds. The molecule has 1 aromatic carbocycles. The van der Waals surface area contributed by atoms with Crippen molar-refractivity contribution < 1.29 is 0 Å². The van der Waals surface area contributed by atoms with Gasteiger partial charge in [0.05, 0.1) is 33.1 Å². The van der Waals surface area contributed by atoms with Gasteiger partial charge in [0.1, 0.15) is 0 Å². The molecule has 0 saturated heterocycles. The zero-order chi connectivity index (χ0) is 14.7. The summed E-state index contributed by atoms with van der Waals surface area (Å²) in [7, 11) is 0. The maximum Gasteiger partial charge on any atom is 0.0767 e. The zero-order valence-corrected chi connectivity index (χ0v) is 14.3. The van der Waals surface area contributed by atoms with Gasteiger partial charge in [-0.15, -0.1) is 0 Å². The van der Waals surface area contributed by atoms with Crippen LogP contribution in [0.25, 0.3) is 0 Å². The number of hydrogen-bond donors (Lipinski definition) is 1. The second kappa shape index (κ2) is 6.64. The van der Waals surface area contributed by atoms with Crippen LogP contribution < -0.4 is 5.32 Å². The largest absolute Gasteiger partial charge is 0.378 e. The molecule has 0 fully saturated rings. The number of halogens is 2. The first-order valence-corrected chi connectivity index (χ1v) is 7.98. The highest BCUT2D eigenvalue weighted by molar-refractivity contribution is 9.10. The second-order valence-electron chi connectivity index (χ2n) is 4.71. The number of hydrogen-bond acceptors (Lipinski definition) is 2. The highest BCUT2D eigenvalue weighted by Gasteiger charge is 2.13. The third-order valence-electron chi connectivity index (χ3n) is 3.26. The van der Waals surface area contributed by atoms with E-state index in [0.29, 0.717) is 6.54 Å². The Balaban J connectivity index is 2.22. The summed E-state index contributed by atoms with van der Waals surface area (Å²) >= 11 is 9.87. The summed E-state index contributed by atoms with van der Waals surface area (Å²) in [6.07, 6.45) is 0.922.